The van der Waals surface area contributed by atoms with Crippen molar-refractivity contribution in [2.45, 2.75) is 65.4 Å². The van der Waals surface area contributed by atoms with Crippen LogP contribution in [0.15, 0.2) is 36.4 Å². The Morgan fingerprint density at radius 3 is 2.40 bits per heavy atom. The van der Waals surface area contributed by atoms with Gasteiger partial charge in [0.05, 0.1) is 6.42 Å². The van der Waals surface area contributed by atoms with Crippen LogP contribution in [0.25, 0.3) is 11.1 Å². The first-order valence-electron chi connectivity index (χ1n) is 15.0. The number of rotatable bonds is 13. The number of carbonyl (C=O) groups is 3. The third-order valence-electron chi connectivity index (χ3n) is 7.38. The zero-order valence-corrected chi connectivity index (χ0v) is 26.1. The highest BCUT2D eigenvalue weighted by Gasteiger charge is 2.29. The molecule has 0 aliphatic carbocycles. The Hall–Kier alpha value is -4.21. The minimum atomic E-state index is -0.582. The van der Waals surface area contributed by atoms with Crippen LogP contribution in [-0.4, -0.2) is 73.4 Å². The van der Waals surface area contributed by atoms with Gasteiger partial charge in [-0.25, -0.2) is 0 Å². The summed E-state index contributed by atoms with van der Waals surface area (Å²) in [6, 6.07) is 11.7. The van der Waals surface area contributed by atoms with E-state index in [1.807, 2.05) is 50.4 Å². The number of ether oxygens (including phenoxy) is 1. The van der Waals surface area contributed by atoms with Gasteiger partial charge in [-0.1, -0.05) is 24.3 Å². The zero-order valence-electron chi connectivity index (χ0n) is 26.1. The van der Waals surface area contributed by atoms with E-state index < -0.39 is 5.60 Å². The van der Waals surface area contributed by atoms with E-state index in [2.05, 4.69) is 16.0 Å². The van der Waals surface area contributed by atoms with Crippen LogP contribution in [0.1, 0.15) is 70.9 Å². The molecule has 0 spiro atoms. The number of nitrogens with zero attached hydrogens (tertiary/aromatic N) is 1. The van der Waals surface area contributed by atoms with Crippen molar-refractivity contribution in [2.24, 2.45) is 5.92 Å². The van der Waals surface area contributed by atoms with E-state index in [9.17, 15) is 19.8 Å². The summed E-state index contributed by atoms with van der Waals surface area (Å²) in [5.74, 6) is -0.553. The van der Waals surface area contributed by atoms with Gasteiger partial charge in [-0.2, -0.15) is 0 Å². The maximum atomic E-state index is 12.8. The van der Waals surface area contributed by atoms with Gasteiger partial charge in [0.15, 0.2) is 0 Å². The summed E-state index contributed by atoms with van der Waals surface area (Å²) in [6.45, 7) is 9.33. The van der Waals surface area contributed by atoms with Crippen molar-refractivity contribution in [2.75, 3.05) is 43.9 Å². The van der Waals surface area contributed by atoms with Crippen molar-refractivity contribution in [3.8, 4) is 11.1 Å². The molecule has 43 heavy (non-hydrogen) atoms. The second kappa shape index (κ2) is 15.3. The molecule has 2 aromatic rings. The molecule has 1 saturated heterocycles. The van der Waals surface area contributed by atoms with Gasteiger partial charge in [0.25, 0.3) is 0 Å². The largest absolute Gasteiger partial charge is 0.460 e. The number of likely N-dealkylation sites (tertiary alicyclic amines) is 1. The van der Waals surface area contributed by atoms with Gasteiger partial charge in [0, 0.05) is 86.4 Å². The van der Waals surface area contributed by atoms with Gasteiger partial charge >= 0.3 is 5.97 Å². The molecule has 2 amide bonds. The number of hydrogen-bond donors (Lipinski definition) is 5. The molecule has 0 saturated carbocycles. The summed E-state index contributed by atoms with van der Waals surface area (Å²) in [4.78, 5) is 38.8. The lowest BCUT2D eigenvalue weighted by Gasteiger charge is -2.33. The number of benzene rings is 2. The predicted octanol–water partition coefficient (Wildman–Crippen LogP) is 5.06. The number of nitrogens with one attached hydrogen (secondary N) is 5. The van der Waals surface area contributed by atoms with Gasteiger partial charge in [-0.3, -0.25) is 14.4 Å². The van der Waals surface area contributed by atoms with Crippen molar-refractivity contribution in [1.82, 2.24) is 10.2 Å². The fourth-order valence-electron chi connectivity index (χ4n) is 5.27. The fourth-order valence-corrected chi connectivity index (χ4v) is 5.27. The molecule has 5 N–H and O–H groups in total. The highest BCUT2D eigenvalue weighted by atomic mass is 16.6. The molecule has 1 heterocycles. The first-order chi connectivity index (χ1) is 20.5. The first kappa shape index (κ1) is 33.3. The minimum absolute atomic E-state index is 0.0348. The Morgan fingerprint density at radius 1 is 1.05 bits per heavy atom. The summed E-state index contributed by atoms with van der Waals surface area (Å²) in [6.07, 6.45) is 3.05. The monoisotopic (exact) mass is 590 g/mol. The molecule has 0 radical (unpaired) electrons. The second-order valence-electron chi connectivity index (χ2n) is 11.7. The maximum absolute atomic E-state index is 12.8. The van der Waals surface area contributed by atoms with E-state index in [4.69, 9.17) is 10.1 Å². The van der Waals surface area contributed by atoms with Crippen LogP contribution in [-0.2, 0) is 19.1 Å². The lowest BCUT2D eigenvalue weighted by molar-refractivity contribution is -0.156. The van der Waals surface area contributed by atoms with Crippen LogP contribution < -0.4 is 16.0 Å². The SMILES string of the molecule is CCNC(=O)CCNc1cccc(-c2ccc(C=N)c(NC)c2)c1C(=N)C1CCN(C(=O)CCC(=O)OC(C)(C)C)CC1. The molecule has 2 aromatic carbocycles. The third kappa shape index (κ3) is 9.39. The van der Waals surface area contributed by atoms with Crippen molar-refractivity contribution < 1.29 is 19.1 Å². The molecule has 10 heteroatoms. The molecular weight excluding hydrogens is 544 g/mol. The molecule has 0 aromatic heterocycles. The van der Waals surface area contributed by atoms with Crippen LogP contribution in [0.3, 0.4) is 0 Å². The predicted molar refractivity (Wildman–Crippen MR) is 172 cm³/mol. The average molecular weight is 591 g/mol. The molecule has 232 valence electrons. The lowest BCUT2D eigenvalue weighted by atomic mass is 9.84. The zero-order chi connectivity index (χ0) is 31.6. The molecule has 0 atom stereocenters. The molecule has 3 rings (SSSR count). The summed E-state index contributed by atoms with van der Waals surface area (Å²) in [5.41, 5.74) is 4.84. The summed E-state index contributed by atoms with van der Waals surface area (Å²) in [5, 5.41) is 26.5. The quantitative estimate of drug-likeness (QED) is 0.163. The van der Waals surface area contributed by atoms with Crippen LogP contribution in [0, 0.1) is 16.7 Å². The van der Waals surface area contributed by atoms with Crippen molar-refractivity contribution >= 4 is 41.1 Å². The highest BCUT2D eigenvalue weighted by molar-refractivity contribution is 6.10. The van der Waals surface area contributed by atoms with E-state index in [1.165, 1.54) is 6.21 Å². The first-order valence-corrected chi connectivity index (χ1v) is 15.0. The molecule has 10 nitrogen and oxygen atoms in total. The van der Waals surface area contributed by atoms with Gasteiger partial charge in [0.2, 0.25) is 11.8 Å². The van der Waals surface area contributed by atoms with E-state index in [-0.39, 0.29) is 36.5 Å². The smallest absolute Gasteiger partial charge is 0.306 e. The average Bonchev–Trinajstić information content (AvgIpc) is 2.98. The number of hydrogen-bond acceptors (Lipinski definition) is 8. The van der Waals surface area contributed by atoms with Crippen LogP contribution in [0.2, 0.25) is 0 Å². The Balaban J connectivity index is 1.80. The molecule has 1 fully saturated rings. The minimum Gasteiger partial charge on any atom is -0.460 e. The van der Waals surface area contributed by atoms with Crippen molar-refractivity contribution in [1.29, 1.82) is 10.8 Å². The van der Waals surface area contributed by atoms with Crippen molar-refractivity contribution in [3.05, 3.63) is 47.5 Å². The number of carbonyl (C=O) groups excluding carboxylic acids is 3. The molecular formula is C33H46N6O4. The van der Waals surface area contributed by atoms with Gasteiger partial charge in [0.1, 0.15) is 5.60 Å². The van der Waals surface area contributed by atoms with Crippen LogP contribution >= 0.6 is 0 Å². The molecule has 0 bridgehead atoms. The lowest BCUT2D eigenvalue weighted by Crippen LogP contribution is -2.40. The third-order valence-corrected chi connectivity index (χ3v) is 7.38. The molecule has 1 aliphatic heterocycles. The molecule has 0 unspecified atom stereocenters. The van der Waals surface area contributed by atoms with Gasteiger partial charge in [-0.05, 0) is 63.8 Å². The fraction of sp³-hybridized carbons (Fsp3) is 0.485. The summed E-state index contributed by atoms with van der Waals surface area (Å²) < 4.78 is 5.33. The van der Waals surface area contributed by atoms with Crippen LogP contribution in [0.4, 0.5) is 11.4 Å². The van der Waals surface area contributed by atoms with E-state index >= 15 is 0 Å². The normalized spacial score (nSPS) is 13.7. The van der Waals surface area contributed by atoms with E-state index in [0.717, 1.165) is 33.6 Å². The topological polar surface area (TPSA) is 147 Å². The Kier molecular flexibility index (Phi) is 11.9. The van der Waals surface area contributed by atoms with Crippen LogP contribution in [0.5, 0.6) is 0 Å². The maximum Gasteiger partial charge on any atom is 0.306 e. The van der Waals surface area contributed by atoms with Gasteiger partial charge < -0.3 is 36.4 Å². The van der Waals surface area contributed by atoms with Gasteiger partial charge in [-0.15, -0.1) is 0 Å². The van der Waals surface area contributed by atoms with E-state index in [0.29, 0.717) is 51.2 Å². The summed E-state index contributed by atoms with van der Waals surface area (Å²) in [7, 11) is 1.82. The number of piperidine rings is 1. The molecule has 1 aliphatic rings. The Morgan fingerprint density at radius 2 is 1.77 bits per heavy atom. The number of amides is 2. The highest BCUT2D eigenvalue weighted by Crippen LogP contribution is 2.35. The van der Waals surface area contributed by atoms with Crippen molar-refractivity contribution in [3.63, 3.8) is 0 Å². The second-order valence-corrected chi connectivity index (χ2v) is 11.7. The Labute approximate surface area is 255 Å². The number of esters is 1. The number of anilines is 2. The van der Waals surface area contributed by atoms with E-state index in [1.54, 1.807) is 25.7 Å². The Bertz CT molecular complexity index is 1330. The summed E-state index contributed by atoms with van der Waals surface area (Å²) >= 11 is 0. The standard InChI is InChI=1S/C33H46N6O4/c1-6-37-28(40)14-17-38-26-9-7-8-25(23-10-11-24(21-34)27(20-23)36-5)31(26)32(35)22-15-18-39(19-16-22)29(41)12-13-30(42)43-33(2,3)4/h7-11,20-22,34-36,38H,6,12-19H2,1-5H3,(H,37,40).